The molecular formula is C21H28N2O3S. The van der Waals surface area contributed by atoms with E-state index in [9.17, 15) is 9.59 Å². The van der Waals surface area contributed by atoms with Gasteiger partial charge in [0.05, 0.1) is 6.04 Å². The second-order valence-corrected chi connectivity index (χ2v) is 8.45. The van der Waals surface area contributed by atoms with E-state index in [1.807, 2.05) is 39.0 Å². The summed E-state index contributed by atoms with van der Waals surface area (Å²) >= 11 is 1.72. The van der Waals surface area contributed by atoms with Crippen LogP contribution in [-0.2, 0) is 9.59 Å². The van der Waals surface area contributed by atoms with E-state index in [-0.39, 0.29) is 30.4 Å². The number of para-hydroxylation sites is 1. The Labute approximate surface area is 165 Å². The maximum absolute atomic E-state index is 12.7. The van der Waals surface area contributed by atoms with Crippen LogP contribution in [0.3, 0.4) is 0 Å². The van der Waals surface area contributed by atoms with Crippen LogP contribution in [-0.4, -0.2) is 24.5 Å². The molecule has 146 valence electrons. The summed E-state index contributed by atoms with van der Waals surface area (Å²) in [4.78, 5) is 27.4. The molecule has 2 N–H and O–H groups in total. The Morgan fingerprint density at radius 3 is 2.30 bits per heavy atom. The molecule has 1 aromatic heterocycles. The fourth-order valence-electron chi connectivity index (χ4n) is 2.88. The molecule has 2 rings (SSSR count). The Bertz CT molecular complexity index is 771. The van der Waals surface area contributed by atoms with Gasteiger partial charge >= 0.3 is 0 Å². The van der Waals surface area contributed by atoms with Crippen molar-refractivity contribution in [3.63, 3.8) is 0 Å². The lowest BCUT2D eigenvalue weighted by atomic mass is 10.0. The molecule has 6 heteroatoms. The molecule has 2 aromatic rings. The first kappa shape index (κ1) is 21.0. The minimum atomic E-state index is -0.612. The van der Waals surface area contributed by atoms with Crippen LogP contribution in [0.1, 0.15) is 42.1 Å². The van der Waals surface area contributed by atoms with Crippen molar-refractivity contribution in [1.82, 2.24) is 10.6 Å². The van der Waals surface area contributed by atoms with Crippen molar-refractivity contribution in [3.05, 3.63) is 51.7 Å². The largest absolute Gasteiger partial charge is 0.484 e. The Morgan fingerprint density at radius 1 is 1.07 bits per heavy atom. The van der Waals surface area contributed by atoms with Crippen LogP contribution in [0.5, 0.6) is 5.75 Å². The molecular weight excluding hydrogens is 360 g/mol. The lowest BCUT2D eigenvalue weighted by molar-refractivity contribution is -0.131. The van der Waals surface area contributed by atoms with Gasteiger partial charge in [0.15, 0.2) is 6.61 Å². The van der Waals surface area contributed by atoms with Crippen LogP contribution >= 0.6 is 11.3 Å². The van der Waals surface area contributed by atoms with Gasteiger partial charge in [-0.2, -0.15) is 0 Å². The minimum Gasteiger partial charge on any atom is -0.484 e. The first-order valence-electron chi connectivity index (χ1n) is 9.12. The molecule has 1 aromatic carbocycles. The number of carbonyl (C=O) groups is 2. The highest BCUT2D eigenvalue weighted by Crippen LogP contribution is 2.26. The molecule has 2 atom stereocenters. The third-order valence-corrected chi connectivity index (χ3v) is 5.27. The molecule has 0 spiro atoms. The van der Waals surface area contributed by atoms with Gasteiger partial charge in [-0.15, -0.1) is 11.3 Å². The van der Waals surface area contributed by atoms with E-state index in [2.05, 4.69) is 30.5 Å². The van der Waals surface area contributed by atoms with E-state index >= 15 is 0 Å². The summed E-state index contributed by atoms with van der Waals surface area (Å²) in [6.07, 6.45) is 0. The van der Waals surface area contributed by atoms with Crippen LogP contribution in [0.2, 0.25) is 0 Å². The van der Waals surface area contributed by atoms with Crippen molar-refractivity contribution in [2.45, 2.75) is 46.7 Å². The van der Waals surface area contributed by atoms with Crippen molar-refractivity contribution < 1.29 is 14.3 Å². The number of rotatable bonds is 8. The first-order chi connectivity index (χ1) is 12.8. The molecule has 27 heavy (non-hydrogen) atoms. The fraction of sp³-hybridized carbons (Fsp3) is 0.429. The topological polar surface area (TPSA) is 67.4 Å². The quantitative estimate of drug-likeness (QED) is 0.723. The zero-order valence-corrected chi connectivity index (χ0v) is 17.4. The molecule has 0 saturated carbocycles. The van der Waals surface area contributed by atoms with Gasteiger partial charge < -0.3 is 15.4 Å². The Hall–Kier alpha value is -2.34. The van der Waals surface area contributed by atoms with E-state index in [0.717, 1.165) is 5.56 Å². The third-order valence-electron chi connectivity index (χ3n) is 4.28. The number of ether oxygens (including phenoxy) is 1. The maximum atomic E-state index is 12.7. The maximum Gasteiger partial charge on any atom is 0.258 e. The van der Waals surface area contributed by atoms with Gasteiger partial charge in [0, 0.05) is 9.75 Å². The highest BCUT2D eigenvalue weighted by Gasteiger charge is 2.26. The smallest absolute Gasteiger partial charge is 0.258 e. The highest BCUT2D eigenvalue weighted by molar-refractivity contribution is 7.12. The van der Waals surface area contributed by atoms with E-state index in [1.54, 1.807) is 23.5 Å². The average molecular weight is 389 g/mol. The summed E-state index contributed by atoms with van der Waals surface area (Å²) in [5.74, 6) is 0.0787. The summed E-state index contributed by atoms with van der Waals surface area (Å²) in [7, 11) is 0. The van der Waals surface area contributed by atoms with Crippen LogP contribution in [0.4, 0.5) is 0 Å². The summed E-state index contributed by atoms with van der Waals surface area (Å²) in [5, 5.41) is 5.81. The molecule has 0 unspecified atom stereocenters. The van der Waals surface area contributed by atoms with Gasteiger partial charge in [-0.1, -0.05) is 32.0 Å². The van der Waals surface area contributed by atoms with Crippen molar-refractivity contribution in [1.29, 1.82) is 0 Å². The molecule has 1 heterocycles. The monoisotopic (exact) mass is 388 g/mol. The van der Waals surface area contributed by atoms with E-state index < -0.39 is 6.04 Å². The molecule has 2 amide bonds. The molecule has 0 bridgehead atoms. The van der Waals surface area contributed by atoms with E-state index in [1.165, 1.54) is 9.75 Å². The normalized spacial score (nSPS) is 13.1. The van der Waals surface area contributed by atoms with Crippen molar-refractivity contribution in [3.8, 4) is 5.75 Å². The third kappa shape index (κ3) is 6.10. The van der Waals surface area contributed by atoms with Crippen molar-refractivity contribution >= 4 is 23.2 Å². The zero-order valence-electron chi connectivity index (χ0n) is 16.5. The first-order valence-corrected chi connectivity index (χ1v) is 9.94. The van der Waals surface area contributed by atoms with Gasteiger partial charge in [-0.3, -0.25) is 9.59 Å². The Morgan fingerprint density at radius 2 is 1.74 bits per heavy atom. The van der Waals surface area contributed by atoms with E-state index in [4.69, 9.17) is 4.74 Å². The van der Waals surface area contributed by atoms with Gasteiger partial charge in [0.25, 0.3) is 5.91 Å². The van der Waals surface area contributed by atoms with Gasteiger partial charge in [-0.05, 0) is 50.5 Å². The van der Waals surface area contributed by atoms with Gasteiger partial charge in [-0.25, -0.2) is 0 Å². The number of amides is 2. The summed E-state index contributed by atoms with van der Waals surface area (Å²) < 4.78 is 5.45. The van der Waals surface area contributed by atoms with E-state index in [0.29, 0.717) is 5.75 Å². The minimum absolute atomic E-state index is 0.0387. The highest BCUT2D eigenvalue weighted by atomic mass is 32.1. The second kappa shape index (κ2) is 9.55. The number of hydrogen-bond donors (Lipinski definition) is 2. The Balaban J connectivity index is 1.94. The zero-order chi connectivity index (χ0) is 20.0. The van der Waals surface area contributed by atoms with Crippen LogP contribution in [0.25, 0.3) is 0 Å². The molecule has 0 aliphatic heterocycles. The average Bonchev–Trinajstić information content (AvgIpc) is 2.96. The number of aryl methyl sites for hydroxylation is 2. The van der Waals surface area contributed by atoms with Gasteiger partial charge in [0.1, 0.15) is 11.8 Å². The summed E-state index contributed by atoms with van der Waals surface area (Å²) in [5.41, 5.74) is 1.12. The SMILES string of the molecule is Cc1cc([C@H](C)NC(=O)[C@H](NC(=O)COc2ccccc2)C(C)C)c(C)s1. The van der Waals surface area contributed by atoms with Crippen molar-refractivity contribution in [2.75, 3.05) is 6.61 Å². The number of nitrogens with one attached hydrogen (secondary N) is 2. The standard InChI is InChI=1S/C21H28N2O3S/c1-13(2)20(23-19(24)12-26-17-9-7-6-8-10-17)21(25)22-15(4)18-11-14(3)27-16(18)5/h6-11,13,15,20H,12H2,1-5H3,(H,22,25)(H,23,24)/t15-,20+/m0/s1. The summed E-state index contributed by atoms with van der Waals surface area (Å²) in [6, 6.07) is 10.5. The summed E-state index contributed by atoms with van der Waals surface area (Å²) in [6.45, 7) is 9.77. The van der Waals surface area contributed by atoms with Crippen LogP contribution in [0.15, 0.2) is 36.4 Å². The predicted molar refractivity (Wildman–Crippen MR) is 109 cm³/mol. The van der Waals surface area contributed by atoms with Crippen LogP contribution < -0.4 is 15.4 Å². The molecule has 5 nitrogen and oxygen atoms in total. The number of benzene rings is 1. The lowest BCUT2D eigenvalue weighted by Gasteiger charge is -2.24. The number of hydrogen-bond acceptors (Lipinski definition) is 4. The fourth-order valence-corrected chi connectivity index (χ4v) is 3.90. The van der Waals surface area contributed by atoms with Gasteiger partial charge in [0.2, 0.25) is 5.91 Å². The predicted octanol–water partition coefficient (Wildman–Crippen LogP) is 3.76. The molecule has 0 saturated heterocycles. The second-order valence-electron chi connectivity index (χ2n) is 6.99. The Kier molecular flexibility index (Phi) is 7.42. The lowest BCUT2D eigenvalue weighted by Crippen LogP contribution is -2.51. The molecule has 0 fully saturated rings. The molecule has 0 aliphatic rings. The number of thiophene rings is 1. The molecule has 0 radical (unpaired) electrons. The number of carbonyl (C=O) groups excluding carboxylic acids is 2. The van der Waals surface area contributed by atoms with Crippen molar-refractivity contribution in [2.24, 2.45) is 5.92 Å². The molecule has 0 aliphatic carbocycles. The van der Waals surface area contributed by atoms with Crippen LogP contribution in [0, 0.1) is 19.8 Å².